The van der Waals surface area contributed by atoms with Gasteiger partial charge in [-0.05, 0) is 43.2 Å². The van der Waals surface area contributed by atoms with Gasteiger partial charge >= 0.3 is 5.97 Å². The zero-order chi connectivity index (χ0) is 13.0. The summed E-state index contributed by atoms with van der Waals surface area (Å²) < 4.78 is 0. The molecule has 3 heteroatoms. The first kappa shape index (κ1) is 13.1. The third-order valence-electron chi connectivity index (χ3n) is 3.82. The van der Waals surface area contributed by atoms with E-state index in [9.17, 15) is 4.79 Å². The Morgan fingerprint density at radius 3 is 2.50 bits per heavy atom. The van der Waals surface area contributed by atoms with Gasteiger partial charge in [0.15, 0.2) is 0 Å². The van der Waals surface area contributed by atoms with Crippen LogP contribution in [0.3, 0.4) is 0 Å². The summed E-state index contributed by atoms with van der Waals surface area (Å²) in [6, 6.07) is 8.91. The van der Waals surface area contributed by atoms with Crippen LogP contribution >= 0.6 is 0 Å². The molecule has 0 N–H and O–H groups in total. The topological polar surface area (TPSA) is 35.5 Å². The van der Waals surface area contributed by atoms with E-state index in [2.05, 4.69) is 13.8 Å². The number of carbonyl (C=O) groups is 1. The number of benzene rings is 1. The van der Waals surface area contributed by atoms with Crippen molar-refractivity contribution in [3.8, 4) is 0 Å². The molecule has 98 valence electrons. The summed E-state index contributed by atoms with van der Waals surface area (Å²) in [7, 11) is 0. The summed E-state index contributed by atoms with van der Waals surface area (Å²) in [5, 5.41) is 0. The summed E-state index contributed by atoms with van der Waals surface area (Å²) >= 11 is 0. The van der Waals surface area contributed by atoms with E-state index in [-0.39, 0.29) is 6.10 Å². The molecule has 3 atom stereocenters. The van der Waals surface area contributed by atoms with Gasteiger partial charge in [-0.15, -0.1) is 0 Å². The highest BCUT2D eigenvalue weighted by Crippen LogP contribution is 2.31. The average Bonchev–Trinajstić information content (AvgIpc) is 2.41. The van der Waals surface area contributed by atoms with E-state index in [0.717, 1.165) is 25.2 Å². The Morgan fingerprint density at radius 2 is 1.83 bits per heavy atom. The maximum absolute atomic E-state index is 11.7. The molecule has 3 unspecified atom stereocenters. The molecule has 0 spiro atoms. The first-order valence-corrected chi connectivity index (χ1v) is 6.59. The van der Waals surface area contributed by atoms with Gasteiger partial charge < -0.3 is 0 Å². The number of hydrogen-bond acceptors (Lipinski definition) is 3. The minimum absolute atomic E-state index is 0.0452. The van der Waals surface area contributed by atoms with Crippen LogP contribution in [-0.4, -0.2) is 12.1 Å². The average molecular weight is 248 g/mol. The van der Waals surface area contributed by atoms with Crippen LogP contribution in [0.15, 0.2) is 30.3 Å². The molecule has 3 nitrogen and oxygen atoms in total. The summed E-state index contributed by atoms with van der Waals surface area (Å²) in [5.41, 5.74) is 0.523. The molecule has 0 radical (unpaired) electrons. The maximum Gasteiger partial charge on any atom is 0.373 e. The molecule has 1 fully saturated rings. The van der Waals surface area contributed by atoms with E-state index in [1.807, 2.05) is 6.07 Å². The number of hydrogen-bond donors (Lipinski definition) is 0. The number of rotatable bonds is 3. The van der Waals surface area contributed by atoms with Crippen molar-refractivity contribution in [3.05, 3.63) is 35.9 Å². The monoisotopic (exact) mass is 248 g/mol. The second kappa shape index (κ2) is 6.01. The molecule has 0 amide bonds. The van der Waals surface area contributed by atoms with E-state index >= 15 is 0 Å². The van der Waals surface area contributed by atoms with Gasteiger partial charge in [0.25, 0.3) is 0 Å². The Morgan fingerprint density at radius 1 is 1.11 bits per heavy atom. The Balaban J connectivity index is 1.80. The molecular weight excluding hydrogens is 228 g/mol. The quantitative estimate of drug-likeness (QED) is 0.605. The lowest BCUT2D eigenvalue weighted by atomic mass is 9.80. The fraction of sp³-hybridized carbons (Fsp3) is 0.533. The third kappa shape index (κ3) is 3.33. The second-order valence-corrected chi connectivity index (χ2v) is 5.22. The summed E-state index contributed by atoms with van der Waals surface area (Å²) in [6.45, 7) is 4.48. The van der Waals surface area contributed by atoms with Crippen molar-refractivity contribution in [1.82, 2.24) is 0 Å². The van der Waals surface area contributed by atoms with Gasteiger partial charge in [-0.2, -0.15) is 4.89 Å². The molecule has 1 aliphatic carbocycles. The van der Waals surface area contributed by atoms with Crippen LogP contribution in [0, 0.1) is 11.8 Å². The van der Waals surface area contributed by atoms with Gasteiger partial charge in [-0.1, -0.05) is 32.0 Å². The first-order valence-electron chi connectivity index (χ1n) is 6.59. The van der Waals surface area contributed by atoms with Crippen LogP contribution in [0.5, 0.6) is 0 Å². The molecule has 0 bridgehead atoms. The van der Waals surface area contributed by atoms with Gasteiger partial charge in [-0.25, -0.2) is 4.79 Å². The molecule has 1 saturated carbocycles. The molecule has 1 aromatic carbocycles. The lowest BCUT2D eigenvalue weighted by molar-refractivity contribution is -0.283. The van der Waals surface area contributed by atoms with E-state index in [4.69, 9.17) is 9.78 Å². The van der Waals surface area contributed by atoms with Crippen LogP contribution in [0.2, 0.25) is 0 Å². The van der Waals surface area contributed by atoms with Crippen LogP contribution in [-0.2, 0) is 9.78 Å². The van der Waals surface area contributed by atoms with Crippen LogP contribution in [0.4, 0.5) is 0 Å². The van der Waals surface area contributed by atoms with Crippen molar-refractivity contribution >= 4 is 5.97 Å². The highest BCUT2D eigenvalue weighted by Gasteiger charge is 2.26. The van der Waals surface area contributed by atoms with Crippen LogP contribution in [0.25, 0.3) is 0 Å². The Labute approximate surface area is 108 Å². The molecule has 1 aromatic rings. The summed E-state index contributed by atoms with van der Waals surface area (Å²) in [6.07, 6.45) is 3.11. The highest BCUT2D eigenvalue weighted by atomic mass is 17.2. The van der Waals surface area contributed by atoms with E-state index < -0.39 is 5.97 Å². The largest absolute Gasteiger partial charge is 0.373 e. The van der Waals surface area contributed by atoms with Gasteiger partial charge in [0, 0.05) is 0 Å². The van der Waals surface area contributed by atoms with Gasteiger partial charge in [0.05, 0.1) is 5.56 Å². The van der Waals surface area contributed by atoms with Gasteiger partial charge in [0.2, 0.25) is 0 Å². The van der Waals surface area contributed by atoms with E-state index in [1.165, 1.54) is 0 Å². The molecule has 0 aliphatic heterocycles. The molecule has 0 heterocycles. The molecular formula is C15H20O3. The Bertz CT molecular complexity index is 388. The SMILES string of the molecule is CC1CCC(OOC(=O)c2ccccc2)CC1C. The minimum Gasteiger partial charge on any atom is -0.293 e. The van der Waals surface area contributed by atoms with Crippen molar-refractivity contribution in [2.75, 3.05) is 0 Å². The Hall–Kier alpha value is -1.35. The smallest absolute Gasteiger partial charge is 0.293 e. The second-order valence-electron chi connectivity index (χ2n) is 5.22. The molecule has 2 rings (SSSR count). The molecule has 18 heavy (non-hydrogen) atoms. The van der Waals surface area contributed by atoms with Crippen LogP contribution < -0.4 is 0 Å². The maximum atomic E-state index is 11.7. The number of carbonyl (C=O) groups excluding carboxylic acids is 1. The fourth-order valence-electron chi connectivity index (χ4n) is 2.32. The van der Waals surface area contributed by atoms with Crippen molar-refractivity contribution < 1.29 is 14.6 Å². The zero-order valence-corrected chi connectivity index (χ0v) is 11.0. The van der Waals surface area contributed by atoms with Crippen molar-refractivity contribution in [3.63, 3.8) is 0 Å². The van der Waals surface area contributed by atoms with E-state index in [1.54, 1.807) is 24.3 Å². The minimum atomic E-state index is -0.415. The van der Waals surface area contributed by atoms with Gasteiger partial charge in [0.1, 0.15) is 6.10 Å². The predicted molar refractivity (Wildman–Crippen MR) is 68.9 cm³/mol. The molecule has 1 aliphatic rings. The Kier molecular flexibility index (Phi) is 4.37. The lowest BCUT2D eigenvalue weighted by Gasteiger charge is -2.30. The van der Waals surface area contributed by atoms with Gasteiger partial charge in [-0.3, -0.25) is 4.89 Å². The standard InChI is InChI=1S/C15H20O3/c1-11-8-9-14(10-12(11)2)17-18-15(16)13-6-4-3-5-7-13/h3-7,11-12,14H,8-10H2,1-2H3. The predicted octanol–water partition coefficient (Wildman–Crippen LogP) is 3.60. The normalized spacial score (nSPS) is 27.8. The summed E-state index contributed by atoms with van der Waals surface area (Å²) in [5.74, 6) is 0.940. The highest BCUT2D eigenvalue weighted by molar-refractivity contribution is 5.88. The molecule has 0 aromatic heterocycles. The van der Waals surface area contributed by atoms with Crippen molar-refractivity contribution in [2.24, 2.45) is 11.8 Å². The molecule has 0 saturated heterocycles. The summed E-state index contributed by atoms with van der Waals surface area (Å²) in [4.78, 5) is 21.9. The fourth-order valence-corrected chi connectivity index (χ4v) is 2.32. The van der Waals surface area contributed by atoms with Crippen LogP contribution in [0.1, 0.15) is 43.5 Å². The lowest BCUT2D eigenvalue weighted by Crippen LogP contribution is -2.27. The third-order valence-corrected chi connectivity index (χ3v) is 3.82. The first-order chi connectivity index (χ1) is 8.66. The van der Waals surface area contributed by atoms with Crippen molar-refractivity contribution in [1.29, 1.82) is 0 Å². The van der Waals surface area contributed by atoms with Crippen molar-refractivity contribution in [2.45, 2.75) is 39.2 Å². The zero-order valence-electron chi connectivity index (χ0n) is 11.0. The van der Waals surface area contributed by atoms with E-state index in [0.29, 0.717) is 11.5 Å².